The van der Waals surface area contributed by atoms with Crippen LogP contribution >= 0.6 is 0 Å². The summed E-state index contributed by atoms with van der Waals surface area (Å²) in [6.07, 6.45) is 3.26. The Morgan fingerprint density at radius 1 is 0.508 bits per heavy atom. The van der Waals surface area contributed by atoms with E-state index in [4.69, 9.17) is 31.3 Å². The zero-order chi connectivity index (χ0) is 45.2. The van der Waals surface area contributed by atoms with E-state index in [2.05, 4.69) is 39.5 Å². The topological polar surface area (TPSA) is 256 Å². The second kappa shape index (κ2) is 17.6. The van der Waals surface area contributed by atoms with Crippen molar-refractivity contribution in [2.24, 2.45) is 0 Å². The average molecular weight is 877 g/mol. The summed E-state index contributed by atoms with van der Waals surface area (Å²) in [4.78, 5) is 58.7. The molecule has 6 heterocycles. The molecule has 20 nitrogen and oxygen atoms in total. The summed E-state index contributed by atoms with van der Waals surface area (Å²) in [6.45, 7) is 6.03. The summed E-state index contributed by atoms with van der Waals surface area (Å²) in [5.74, 6) is 0.838. The van der Waals surface area contributed by atoms with E-state index in [0.717, 1.165) is 62.0 Å². The molecular formula is C45H44N14O6. The van der Waals surface area contributed by atoms with Crippen molar-refractivity contribution in [2.45, 2.75) is 0 Å². The number of esters is 1. The molecule has 65 heavy (non-hydrogen) atoms. The van der Waals surface area contributed by atoms with E-state index in [1.807, 2.05) is 41.0 Å². The Hall–Kier alpha value is -8.68. The molecule has 2 fully saturated rings. The van der Waals surface area contributed by atoms with E-state index in [1.54, 1.807) is 65.8 Å². The summed E-state index contributed by atoms with van der Waals surface area (Å²) in [6, 6.07) is 27.9. The first-order chi connectivity index (χ1) is 31.5. The average Bonchev–Trinajstić information content (AvgIpc) is 3.98. The van der Waals surface area contributed by atoms with Crippen molar-refractivity contribution in [3.63, 3.8) is 0 Å². The number of nitrogens with two attached hydrogens (primary N) is 2. The Labute approximate surface area is 371 Å². The number of carbonyl (C=O) groups is 2. The molecule has 10 rings (SSSR count). The van der Waals surface area contributed by atoms with Gasteiger partial charge in [0.2, 0.25) is 11.9 Å². The summed E-state index contributed by atoms with van der Waals surface area (Å²) in [7, 11) is 1.35. The van der Waals surface area contributed by atoms with E-state index in [1.165, 1.54) is 19.2 Å². The molecule has 330 valence electrons. The van der Waals surface area contributed by atoms with Gasteiger partial charge in [-0.15, -0.1) is 0 Å². The zero-order valence-corrected chi connectivity index (χ0v) is 35.1. The number of hydrogen-bond donors (Lipinski definition) is 5. The molecule has 0 radical (unpaired) electrons. The van der Waals surface area contributed by atoms with Crippen molar-refractivity contribution in [3.8, 4) is 22.9 Å². The highest BCUT2D eigenvalue weighted by Gasteiger charge is 2.24. The van der Waals surface area contributed by atoms with Crippen molar-refractivity contribution in [3.05, 3.63) is 121 Å². The van der Waals surface area contributed by atoms with Gasteiger partial charge >= 0.3 is 11.9 Å². The molecule has 0 aliphatic carbocycles. The van der Waals surface area contributed by atoms with Gasteiger partial charge in [0.05, 0.1) is 18.2 Å². The number of nitrogens with zero attached hydrogens (tertiary/aromatic N) is 12. The molecule has 20 heteroatoms. The number of hydrogen-bond acceptors (Lipinski definition) is 17. The Morgan fingerprint density at radius 3 is 1.23 bits per heavy atom. The number of anilines is 6. The molecule has 0 unspecified atom stereocenters. The number of carbonyl (C=O) groups excluding carboxylic acids is 1. The molecule has 0 spiro atoms. The van der Waals surface area contributed by atoms with E-state index in [9.17, 15) is 19.8 Å². The van der Waals surface area contributed by atoms with Crippen LogP contribution in [0.25, 0.3) is 33.7 Å². The Morgan fingerprint density at radius 2 is 0.862 bits per heavy atom. The lowest BCUT2D eigenvalue weighted by Crippen LogP contribution is -2.47. The molecule has 0 saturated carbocycles. The quantitative estimate of drug-likeness (QED) is 0.133. The van der Waals surface area contributed by atoms with Crippen LogP contribution < -0.4 is 31.1 Å². The number of nitrogen functional groups attached to an aromatic ring is 2. The van der Waals surface area contributed by atoms with Crippen LogP contribution in [0.4, 0.5) is 34.9 Å². The molecule has 7 N–H and O–H groups in total. The number of methoxy groups -OCH3 is 1. The number of rotatable bonds is 8. The molecule has 4 aromatic heterocycles. The van der Waals surface area contributed by atoms with Gasteiger partial charge in [0.25, 0.3) is 0 Å². The van der Waals surface area contributed by atoms with Crippen molar-refractivity contribution < 1.29 is 29.6 Å². The van der Waals surface area contributed by atoms with Gasteiger partial charge in [-0.2, -0.15) is 19.9 Å². The Balaban J connectivity index is 0.000000164. The van der Waals surface area contributed by atoms with Gasteiger partial charge in [-0.1, -0.05) is 0 Å². The molecule has 2 aliphatic rings. The maximum atomic E-state index is 11.7. The van der Waals surface area contributed by atoms with E-state index in [0.29, 0.717) is 64.5 Å². The van der Waals surface area contributed by atoms with Gasteiger partial charge < -0.3 is 51.1 Å². The summed E-state index contributed by atoms with van der Waals surface area (Å²) in [5, 5.41) is 28.1. The first-order valence-electron chi connectivity index (χ1n) is 20.6. The Bertz CT molecular complexity index is 2980. The summed E-state index contributed by atoms with van der Waals surface area (Å²) >= 11 is 0. The Kier molecular flexibility index (Phi) is 11.3. The van der Waals surface area contributed by atoms with Crippen LogP contribution in [-0.4, -0.2) is 126 Å². The highest BCUT2D eigenvalue weighted by molar-refractivity contribution is 5.90. The molecule has 8 aromatic rings. The lowest BCUT2D eigenvalue weighted by Gasteiger charge is -2.36. The number of ether oxygens (including phenoxy) is 1. The van der Waals surface area contributed by atoms with E-state index >= 15 is 0 Å². The number of fused-ring (bicyclic) bond motifs is 2. The number of carboxylic acids is 1. The fraction of sp³-hybridized carbons (Fsp3) is 0.200. The molecule has 4 aromatic carbocycles. The number of piperazine rings is 2. The number of phenolic OH excluding ortho intramolecular Hbond substituents is 2. The first-order valence-corrected chi connectivity index (χ1v) is 20.6. The molecule has 0 amide bonds. The molecule has 0 atom stereocenters. The number of phenols is 2. The smallest absolute Gasteiger partial charge is 0.337 e. The number of aromatic carboxylic acids is 1. The number of benzene rings is 4. The number of aromatic hydroxyl groups is 2. The van der Waals surface area contributed by atoms with Crippen molar-refractivity contribution in [1.82, 2.24) is 39.0 Å². The minimum atomic E-state index is -0.979. The third-order valence-corrected chi connectivity index (χ3v) is 11.3. The largest absolute Gasteiger partial charge is 0.508 e. The maximum absolute atomic E-state index is 11.7. The zero-order valence-electron chi connectivity index (χ0n) is 35.1. The lowest BCUT2D eigenvalue weighted by atomic mass is 10.2. The SMILES string of the molecule is COC(=O)c1ccc(-n2cnc3c(N)nc(N4CCN(c5ccc(O)cc5)CC4)nc32)cc1.Nc1nc(N2CCN(c3ccc(O)cc3)CC2)nc2c1ncn2-c1ccc(C(=O)O)cc1. The van der Waals surface area contributed by atoms with Gasteiger partial charge in [0.1, 0.15) is 24.2 Å². The maximum Gasteiger partial charge on any atom is 0.337 e. The van der Waals surface area contributed by atoms with Gasteiger partial charge in [0.15, 0.2) is 34.0 Å². The predicted octanol–water partition coefficient (Wildman–Crippen LogP) is 4.34. The van der Waals surface area contributed by atoms with Crippen LogP contribution in [0.5, 0.6) is 11.5 Å². The van der Waals surface area contributed by atoms with E-state index in [-0.39, 0.29) is 17.1 Å². The number of imidazole rings is 2. The fourth-order valence-corrected chi connectivity index (χ4v) is 7.78. The molecule has 2 aliphatic heterocycles. The monoisotopic (exact) mass is 876 g/mol. The van der Waals surface area contributed by atoms with Gasteiger partial charge in [0, 0.05) is 75.1 Å². The third-order valence-electron chi connectivity index (χ3n) is 11.3. The first kappa shape index (κ1) is 41.7. The summed E-state index contributed by atoms with van der Waals surface area (Å²) < 4.78 is 8.36. The van der Waals surface area contributed by atoms with Gasteiger partial charge in [-0.25, -0.2) is 19.6 Å². The second-order valence-corrected chi connectivity index (χ2v) is 15.3. The summed E-state index contributed by atoms with van der Waals surface area (Å²) in [5.41, 5.74) is 18.9. The number of carboxylic acid groups (broad SMARTS) is 1. The third kappa shape index (κ3) is 8.59. The second-order valence-electron chi connectivity index (χ2n) is 15.3. The van der Waals surface area contributed by atoms with Gasteiger partial charge in [-0.05, 0) is 97.1 Å². The highest BCUT2D eigenvalue weighted by atomic mass is 16.5. The molecule has 2 saturated heterocycles. The number of aromatic nitrogens is 8. The minimum Gasteiger partial charge on any atom is -0.508 e. The van der Waals surface area contributed by atoms with Crippen LogP contribution in [0.2, 0.25) is 0 Å². The van der Waals surface area contributed by atoms with Crippen LogP contribution in [0, 0.1) is 0 Å². The minimum absolute atomic E-state index is 0.208. The van der Waals surface area contributed by atoms with Crippen LogP contribution in [0.1, 0.15) is 20.7 Å². The van der Waals surface area contributed by atoms with Gasteiger partial charge in [-0.3, -0.25) is 9.13 Å². The van der Waals surface area contributed by atoms with E-state index < -0.39 is 11.9 Å². The van der Waals surface area contributed by atoms with Crippen molar-refractivity contribution in [1.29, 1.82) is 0 Å². The van der Waals surface area contributed by atoms with Crippen LogP contribution in [0.3, 0.4) is 0 Å². The highest BCUT2D eigenvalue weighted by Crippen LogP contribution is 2.28. The van der Waals surface area contributed by atoms with Crippen LogP contribution in [-0.2, 0) is 4.74 Å². The standard InChI is InChI=1S/C23H23N7O3.C22H21N7O3/c1-33-22(32)15-2-4-17(5-3-15)30-14-25-19-20(24)26-23(27-21(19)30)29-12-10-28(11-13-29)16-6-8-18(31)9-7-16;23-19-18-20(29(13-24-18)16-3-1-14(2-4-16)21(31)32)26-22(25-19)28-11-9-27(10-12-28)15-5-7-17(30)8-6-15/h2-9,14,31H,10-13H2,1H3,(H2,24,26,27);1-8,13,30H,9-12H2,(H,31,32)(H2,23,25,26). The van der Waals surface area contributed by atoms with Crippen molar-refractivity contribution >= 4 is 69.2 Å². The predicted molar refractivity (Wildman–Crippen MR) is 246 cm³/mol. The normalized spacial score (nSPS) is 14.0. The molecule has 0 bridgehead atoms. The van der Waals surface area contributed by atoms with Crippen molar-refractivity contribution in [2.75, 3.05) is 90.5 Å². The van der Waals surface area contributed by atoms with Crippen LogP contribution in [0.15, 0.2) is 110 Å². The molecular weight excluding hydrogens is 833 g/mol. The lowest BCUT2D eigenvalue weighted by molar-refractivity contribution is 0.0599. The fourth-order valence-electron chi connectivity index (χ4n) is 7.78.